The van der Waals surface area contributed by atoms with Crippen LogP contribution in [-0.2, 0) is 0 Å². The Kier molecular flexibility index (Phi) is 2.84. The molecule has 0 spiro atoms. The molecule has 1 aromatic rings. The van der Waals surface area contributed by atoms with Crippen molar-refractivity contribution in [1.82, 2.24) is 5.32 Å². The van der Waals surface area contributed by atoms with Crippen LogP contribution in [0.1, 0.15) is 0 Å². The molecule has 1 fully saturated rings. The van der Waals surface area contributed by atoms with Crippen LogP contribution in [0.5, 0.6) is 0 Å². The molecule has 1 N–H and O–H groups in total. The van der Waals surface area contributed by atoms with Gasteiger partial charge in [-0.25, -0.2) is 9.24 Å². The first-order valence-corrected chi connectivity index (χ1v) is 4.94. The summed E-state index contributed by atoms with van der Waals surface area (Å²) in [4.78, 5) is 5.28. The van der Waals surface area contributed by atoms with E-state index in [4.69, 9.17) is 6.57 Å². The maximum Gasteiger partial charge on any atom is 0.189 e. The number of hydrogen-bond acceptors (Lipinski definition) is 2. The first-order valence-electron chi connectivity index (χ1n) is 4.94. The molecule has 78 valence electrons. The van der Waals surface area contributed by atoms with E-state index in [1.165, 1.54) is 12.1 Å². The van der Waals surface area contributed by atoms with Gasteiger partial charge in [-0.2, -0.15) is 0 Å². The number of hydrogen-bond donors (Lipinski definition) is 1. The number of benzene rings is 1. The summed E-state index contributed by atoms with van der Waals surface area (Å²) >= 11 is 0. The average molecular weight is 205 g/mol. The van der Waals surface area contributed by atoms with Gasteiger partial charge in [0, 0.05) is 26.2 Å². The van der Waals surface area contributed by atoms with Gasteiger partial charge in [0.2, 0.25) is 0 Å². The summed E-state index contributed by atoms with van der Waals surface area (Å²) in [6.07, 6.45) is 0. The van der Waals surface area contributed by atoms with E-state index in [1.54, 1.807) is 6.07 Å². The summed E-state index contributed by atoms with van der Waals surface area (Å²) in [6.45, 7) is 10.2. The predicted molar refractivity (Wildman–Crippen MR) is 57.7 cm³/mol. The summed E-state index contributed by atoms with van der Waals surface area (Å²) in [5, 5.41) is 3.21. The van der Waals surface area contributed by atoms with Crippen molar-refractivity contribution in [3.8, 4) is 0 Å². The van der Waals surface area contributed by atoms with Crippen LogP contribution < -0.4 is 10.2 Å². The molecule has 0 amide bonds. The van der Waals surface area contributed by atoms with Crippen molar-refractivity contribution in [2.75, 3.05) is 31.1 Å². The van der Waals surface area contributed by atoms with Crippen LogP contribution in [0, 0.1) is 12.4 Å². The van der Waals surface area contributed by atoms with Crippen molar-refractivity contribution in [3.05, 3.63) is 35.4 Å². The summed E-state index contributed by atoms with van der Waals surface area (Å²) < 4.78 is 13.5. The Hall–Kier alpha value is -1.60. The molecule has 1 aromatic carbocycles. The van der Waals surface area contributed by atoms with E-state index < -0.39 is 0 Å². The maximum atomic E-state index is 13.5. The molecule has 1 aliphatic rings. The molecule has 0 atom stereocenters. The Morgan fingerprint density at radius 1 is 1.33 bits per heavy atom. The quantitative estimate of drug-likeness (QED) is 0.705. The van der Waals surface area contributed by atoms with Crippen LogP contribution in [0.25, 0.3) is 4.85 Å². The van der Waals surface area contributed by atoms with Crippen LogP contribution in [0.15, 0.2) is 18.2 Å². The molecule has 4 heteroatoms. The predicted octanol–water partition coefficient (Wildman–Crippen LogP) is 1.79. The van der Waals surface area contributed by atoms with Crippen molar-refractivity contribution < 1.29 is 4.39 Å². The summed E-state index contributed by atoms with van der Waals surface area (Å²) in [6, 6.07) is 4.49. The van der Waals surface area contributed by atoms with E-state index in [2.05, 4.69) is 10.2 Å². The fourth-order valence-electron chi connectivity index (χ4n) is 1.72. The van der Waals surface area contributed by atoms with E-state index in [1.807, 2.05) is 4.90 Å². The first kappa shape index (κ1) is 9.94. The zero-order chi connectivity index (χ0) is 10.7. The fourth-order valence-corrected chi connectivity index (χ4v) is 1.72. The van der Waals surface area contributed by atoms with Gasteiger partial charge in [0.15, 0.2) is 5.69 Å². The lowest BCUT2D eigenvalue weighted by Gasteiger charge is -2.29. The standard InChI is InChI=1S/C11H12FN3/c1-13-9-2-3-10(12)11(8-9)15-6-4-14-5-7-15/h2-3,8,14H,4-7H2. The Morgan fingerprint density at radius 2 is 2.07 bits per heavy atom. The molecule has 2 rings (SSSR count). The number of nitrogens with one attached hydrogen (secondary N) is 1. The largest absolute Gasteiger partial charge is 0.368 e. The van der Waals surface area contributed by atoms with Crippen molar-refractivity contribution in [1.29, 1.82) is 0 Å². The topological polar surface area (TPSA) is 19.6 Å². The maximum absolute atomic E-state index is 13.5. The summed E-state index contributed by atoms with van der Waals surface area (Å²) in [5.41, 5.74) is 1.04. The molecule has 1 saturated heterocycles. The third kappa shape index (κ3) is 2.08. The highest BCUT2D eigenvalue weighted by atomic mass is 19.1. The van der Waals surface area contributed by atoms with Crippen LogP contribution >= 0.6 is 0 Å². The van der Waals surface area contributed by atoms with E-state index in [9.17, 15) is 4.39 Å². The van der Waals surface area contributed by atoms with Crippen molar-refractivity contribution in [2.45, 2.75) is 0 Å². The highest BCUT2D eigenvalue weighted by molar-refractivity contribution is 5.59. The van der Waals surface area contributed by atoms with E-state index in [0.29, 0.717) is 11.4 Å². The van der Waals surface area contributed by atoms with E-state index in [0.717, 1.165) is 26.2 Å². The molecule has 0 radical (unpaired) electrons. The number of piperazine rings is 1. The molecule has 1 heterocycles. The number of nitrogens with zero attached hydrogens (tertiary/aromatic N) is 2. The minimum absolute atomic E-state index is 0.246. The summed E-state index contributed by atoms with van der Waals surface area (Å²) in [7, 11) is 0. The highest BCUT2D eigenvalue weighted by Gasteiger charge is 2.14. The van der Waals surface area contributed by atoms with Gasteiger partial charge in [0.25, 0.3) is 0 Å². The Balaban J connectivity index is 2.29. The van der Waals surface area contributed by atoms with Gasteiger partial charge < -0.3 is 10.2 Å². The van der Waals surface area contributed by atoms with Gasteiger partial charge in [-0.3, -0.25) is 0 Å². The highest BCUT2D eigenvalue weighted by Crippen LogP contribution is 2.25. The smallest absolute Gasteiger partial charge is 0.189 e. The van der Waals surface area contributed by atoms with Crippen LogP contribution in [0.3, 0.4) is 0 Å². The Bertz CT molecular complexity index is 391. The Morgan fingerprint density at radius 3 is 2.73 bits per heavy atom. The molecule has 0 saturated carbocycles. The van der Waals surface area contributed by atoms with Gasteiger partial charge in [0.1, 0.15) is 5.82 Å². The normalized spacial score (nSPS) is 16.1. The second-order valence-corrected chi connectivity index (χ2v) is 3.48. The molecular weight excluding hydrogens is 193 g/mol. The van der Waals surface area contributed by atoms with Gasteiger partial charge in [-0.15, -0.1) is 0 Å². The first-order chi connectivity index (χ1) is 7.31. The molecular formula is C11H12FN3. The lowest BCUT2D eigenvalue weighted by Crippen LogP contribution is -2.43. The van der Waals surface area contributed by atoms with Crippen molar-refractivity contribution in [3.63, 3.8) is 0 Å². The molecule has 15 heavy (non-hydrogen) atoms. The number of rotatable bonds is 1. The monoisotopic (exact) mass is 205 g/mol. The molecule has 0 aliphatic carbocycles. The SMILES string of the molecule is [C-]#[N+]c1ccc(F)c(N2CCNCC2)c1. The third-order valence-corrected chi connectivity index (χ3v) is 2.52. The molecule has 0 unspecified atom stereocenters. The van der Waals surface area contributed by atoms with Crippen LogP contribution in [-0.4, -0.2) is 26.2 Å². The molecule has 0 aromatic heterocycles. The number of anilines is 1. The lowest BCUT2D eigenvalue weighted by atomic mass is 10.2. The lowest BCUT2D eigenvalue weighted by molar-refractivity contribution is 0.566. The van der Waals surface area contributed by atoms with Gasteiger partial charge in [-0.1, -0.05) is 6.07 Å². The fraction of sp³-hybridized carbons (Fsp3) is 0.364. The van der Waals surface area contributed by atoms with Gasteiger partial charge in [-0.05, 0) is 12.1 Å². The van der Waals surface area contributed by atoms with E-state index in [-0.39, 0.29) is 5.82 Å². The molecule has 1 aliphatic heterocycles. The van der Waals surface area contributed by atoms with Crippen molar-refractivity contribution >= 4 is 11.4 Å². The average Bonchev–Trinajstić information content (AvgIpc) is 2.31. The van der Waals surface area contributed by atoms with Crippen LogP contribution in [0.2, 0.25) is 0 Å². The minimum atomic E-state index is -0.246. The Labute approximate surface area is 88.3 Å². The summed E-state index contributed by atoms with van der Waals surface area (Å²) in [5.74, 6) is -0.246. The van der Waals surface area contributed by atoms with Gasteiger partial charge >= 0.3 is 0 Å². The van der Waals surface area contributed by atoms with E-state index >= 15 is 0 Å². The second kappa shape index (κ2) is 4.28. The number of halogens is 1. The molecule has 3 nitrogen and oxygen atoms in total. The third-order valence-electron chi connectivity index (χ3n) is 2.52. The zero-order valence-corrected chi connectivity index (χ0v) is 8.33. The van der Waals surface area contributed by atoms with Gasteiger partial charge in [0.05, 0.1) is 12.3 Å². The second-order valence-electron chi connectivity index (χ2n) is 3.48. The molecule has 0 bridgehead atoms. The minimum Gasteiger partial charge on any atom is -0.368 e. The zero-order valence-electron chi connectivity index (χ0n) is 8.33. The van der Waals surface area contributed by atoms with Crippen LogP contribution in [0.4, 0.5) is 15.8 Å². The van der Waals surface area contributed by atoms with Crippen molar-refractivity contribution in [2.24, 2.45) is 0 Å².